The molecule has 0 radical (unpaired) electrons. The fourth-order valence-electron chi connectivity index (χ4n) is 1.59. The number of benzene rings is 1. The van der Waals surface area contributed by atoms with Gasteiger partial charge in [-0.25, -0.2) is 13.1 Å². The van der Waals surface area contributed by atoms with E-state index in [1.54, 1.807) is 58.0 Å². The lowest BCUT2D eigenvalue weighted by Gasteiger charge is -2.21. The van der Waals surface area contributed by atoms with Crippen molar-refractivity contribution in [1.82, 2.24) is 0 Å². The minimum atomic E-state index is -3.43. The van der Waals surface area contributed by atoms with E-state index in [1.165, 1.54) is 0 Å². The molecule has 132 valence electrons. The summed E-state index contributed by atoms with van der Waals surface area (Å²) in [6.07, 6.45) is -0.481. The molecule has 0 saturated carbocycles. The molecule has 1 N–H and O–H groups in total. The Kier molecular flexibility index (Phi) is 8.27. The van der Waals surface area contributed by atoms with Crippen molar-refractivity contribution in [3.05, 3.63) is 30.3 Å². The van der Waals surface area contributed by atoms with E-state index in [0.717, 1.165) is 11.4 Å². The summed E-state index contributed by atoms with van der Waals surface area (Å²) in [5, 5.41) is 0. The minimum absolute atomic E-state index is 0.0712. The van der Waals surface area contributed by atoms with Crippen LogP contribution in [0.2, 0.25) is 0 Å². The van der Waals surface area contributed by atoms with Gasteiger partial charge in [-0.3, -0.25) is 13.6 Å². The quantitative estimate of drug-likeness (QED) is 0.494. The zero-order chi connectivity index (χ0) is 17.5. The van der Waals surface area contributed by atoms with Crippen LogP contribution in [0.25, 0.3) is 0 Å². The molecular weight excluding hydrogens is 357 g/mol. The van der Waals surface area contributed by atoms with E-state index in [-0.39, 0.29) is 29.4 Å². The van der Waals surface area contributed by atoms with E-state index < -0.39 is 16.8 Å². The zero-order valence-corrected chi connectivity index (χ0v) is 16.3. The van der Waals surface area contributed by atoms with Gasteiger partial charge in [0, 0.05) is 5.75 Å². The van der Waals surface area contributed by atoms with Gasteiger partial charge >= 0.3 is 6.80 Å². The first-order valence-electron chi connectivity index (χ1n) is 7.26. The minimum Gasteiger partial charge on any atom is -0.298 e. The number of hydrogen-bond donors (Lipinski definition) is 1. The molecule has 23 heavy (non-hydrogen) atoms. The van der Waals surface area contributed by atoms with Crippen LogP contribution in [0.3, 0.4) is 0 Å². The second-order valence-electron chi connectivity index (χ2n) is 5.25. The number of hydrogen-bond acceptors (Lipinski definition) is 6. The van der Waals surface area contributed by atoms with Gasteiger partial charge in [0.2, 0.25) is 0 Å². The average Bonchev–Trinajstić information content (AvgIpc) is 2.43. The van der Waals surface area contributed by atoms with E-state index in [9.17, 15) is 13.3 Å². The Morgan fingerprint density at radius 1 is 1.17 bits per heavy atom. The average molecular weight is 381 g/mol. The smallest absolute Gasteiger partial charge is 0.298 e. The summed E-state index contributed by atoms with van der Waals surface area (Å²) in [5.41, 5.74) is 0. The second kappa shape index (κ2) is 9.20. The molecule has 0 spiro atoms. The van der Waals surface area contributed by atoms with Gasteiger partial charge < -0.3 is 0 Å². The summed E-state index contributed by atoms with van der Waals surface area (Å²) in [6.45, 7) is 3.87. The highest BCUT2D eigenvalue weighted by Gasteiger charge is 2.28. The van der Waals surface area contributed by atoms with Crippen molar-refractivity contribution in [2.75, 3.05) is 12.3 Å². The van der Waals surface area contributed by atoms with Crippen LogP contribution >= 0.6 is 18.2 Å². The predicted molar refractivity (Wildman–Crippen MR) is 95.3 cm³/mol. The van der Waals surface area contributed by atoms with Gasteiger partial charge in [-0.15, -0.1) is 0 Å². The summed E-state index contributed by atoms with van der Waals surface area (Å²) < 4.78 is 49.2. The summed E-state index contributed by atoms with van der Waals surface area (Å²) in [5.74, 6) is 0.265. The first-order valence-corrected chi connectivity index (χ1v) is 11.9. The highest BCUT2D eigenvalue weighted by atomic mass is 32.7. The first-order chi connectivity index (χ1) is 10.6. The summed E-state index contributed by atoms with van der Waals surface area (Å²) in [6, 6.07) is 8.21. The lowest BCUT2D eigenvalue weighted by Crippen LogP contribution is -2.07. The molecule has 1 aromatic carbocycles. The topological polar surface area (TPSA) is 85.2 Å². The summed E-state index contributed by atoms with van der Waals surface area (Å²) >= 11 is 0.997. The molecule has 1 atom stereocenters. The fourth-order valence-corrected chi connectivity index (χ4v) is 6.62. The molecule has 1 aromatic rings. The normalized spacial score (nSPS) is 14.9. The van der Waals surface area contributed by atoms with Crippen LogP contribution in [0.15, 0.2) is 39.6 Å². The van der Waals surface area contributed by atoms with Crippen LogP contribution in [0.1, 0.15) is 27.7 Å². The molecule has 0 aliphatic rings. The lowest BCUT2D eigenvalue weighted by atomic mass is 10.4. The van der Waals surface area contributed by atoms with Crippen molar-refractivity contribution in [3.8, 4) is 0 Å². The second-order valence-corrected chi connectivity index (χ2v) is 11.1. The molecule has 1 unspecified atom stereocenters. The van der Waals surface area contributed by atoms with Gasteiger partial charge in [0.15, 0.2) is 10.0 Å². The largest absolute Gasteiger partial charge is 0.389 e. The van der Waals surface area contributed by atoms with Gasteiger partial charge in [0.25, 0.3) is 0 Å². The lowest BCUT2D eigenvalue weighted by molar-refractivity contribution is 0.156. The Balaban J connectivity index is 2.68. The van der Waals surface area contributed by atoms with Gasteiger partial charge in [-0.2, -0.15) is 0 Å². The Morgan fingerprint density at radius 3 is 2.17 bits per heavy atom. The van der Waals surface area contributed by atoms with Crippen molar-refractivity contribution < 1.29 is 22.4 Å². The molecule has 6 nitrogen and oxygen atoms in total. The van der Waals surface area contributed by atoms with Crippen LogP contribution in [0.4, 0.5) is 0 Å². The third-order valence-corrected chi connectivity index (χ3v) is 7.81. The SMILES string of the molecule is CC(C)OP(=O)(OC(C)C)SCCN=S(=O)(O)c1ccccc1. The highest BCUT2D eigenvalue weighted by Crippen LogP contribution is 2.62. The van der Waals surface area contributed by atoms with E-state index >= 15 is 0 Å². The van der Waals surface area contributed by atoms with E-state index in [0.29, 0.717) is 0 Å². The van der Waals surface area contributed by atoms with Crippen LogP contribution in [-0.4, -0.2) is 33.3 Å². The van der Waals surface area contributed by atoms with Crippen molar-refractivity contribution in [3.63, 3.8) is 0 Å². The summed E-state index contributed by atoms with van der Waals surface area (Å²) in [4.78, 5) is 0.255. The zero-order valence-electron chi connectivity index (χ0n) is 13.7. The fraction of sp³-hybridized carbons (Fsp3) is 0.571. The molecular formula is C14H24NO5PS2. The van der Waals surface area contributed by atoms with E-state index in [2.05, 4.69) is 4.36 Å². The van der Waals surface area contributed by atoms with Crippen LogP contribution in [0, 0.1) is 0 Å². The number of rotatable bonds is 9. The van der Waals surface area contributed by atoms with Gasteiger partial charge in [0.1, 0.15) is 0 Å². The molecule has 0 amide bonds. The predicted octanol–water partition coefficient (Wildman–Crippen LogP) is 4.68. The van der Waals surface area contributed by atoms with Crippen LogP contribution in [0.5, 0.6) is 0 Å². The molecule has 9 heteroatoms. The highest BCUT2D eigenvalue weighted by molar-refractivity contribution is 8.55. The Morgan fingerprint density at radius 2 is 1.70 bits per heavy atom. The maximum Gasteiger partial charge on any atom is 0.389 e. The summed E-state index contributed by atoms with van der Waals surface area (Å²) in [7, 11) is -3.43. The Labute approximate surface area is 142 Å². The maximum absolute atomic E-state index is 12.6. The van der Waals surface area contributed by atoms with Crippen LogP contribution < -0.4 is 0 Å². The molecule has 0 heterocycles. The third-order valence-electron chi connectivity index (χ3n) is 2.34. The van der Waals surface area contributed by atoms with Gasteiger partial charge in [0.05, 0.1) is 23.6 Å². The number of nitrogens with zero attached hydrogens (tertiary/aromatic N) is 1. The molecule has 0 aromatic heterocycles. The standard InChI is InChI=1S/C14H24NO5PS2/c1-12(2)19-21(16,20-13(3)4)22-11-10-15-23(17,18)14-8-6-5-7-9-14/h5-9,12-13H,10-11H2,1-4H3,(H,15,17,18). The maximum atomic E-state index is 12.6. The van der Waals surface area contributed by atoms with Gasteiger partial charge in [-0.1, -0.05) is 18.2 Å². The van der Waals surface area contributed by atoms with Crippen molar-refractivity contribution >= 4 is 28.2 Å². The Hall–Kier alpha value is -0.370. The van der Waals surface area contributed by atoms with Crippen molar-refractivity contribution in [2.45, 2.75) is 44.8 Å². The molecule has 0 bridgehead atoms. The first kappa shape index (κ1) is 20.7. The molecule has 0 fully saturated rings. The molecule has 0 aliphatic carbocycles. The van der Waals surface area contributed by atoms with Crippen molar-refractivity contribution in [2.24, 2.45) is 4.36 Å². The Bertz CT molecular complexity index is 628. The third kappa shape index (κ3) is 7.83. The monoisotopic (exact) mass is 381 g/mol. The molecule has 1 rings (SSSR count). The van der Waals surface area contributed by atoms with E-state index in [4.69, 9.17) is 9.05 Å². The molecule has 0 aliphatic heterocycles. The van der Waals surface area contributed by atoms with E-state index in [1.807, 2.05) is 0 Å². The molecule has 0 saturated heterocycles. The van der Waals surface area contributed by atoms with Crippen LogP contribution in [-0.2, 0) is 23.6 Å². The van der Waals surface area contributed by atoms with Crippen molar-refractivity contribution in [1.29, 1.82) is 0 Å². The van der Waals surface area contributed by atoms with Gasteiger partial charge in [-0.05, 0) is 51.2 Å².